The lowest BCUT2D eigenvalue weighted by Gasteiger charge is -2.34. The summed E-state index contributed by atoms with van der Waals surface area (Å²) < 4.78 is 5.72. The van der Waals surface area contributed by atoms with Crippen LogP contribution in [0.15, 0.2) is 29.3 Å². The lowest BCUT2D eigenvalue weighted by Crippen LogP contribution is -2.41. The normalized spacial score (nSPS) is 23.0. The molecule has 0 saturated heterocycles. The Balaban J connectivity index is 1.61. The molecule has 1 aliphatic heterocycles. The number of likely N-dealkylation sites (N-methyl/N-ethyl adjacent to an activating group) is 1. The van der Waals surface area contributed by atoms with Crippen molar-refractivity contribution >= 4 is 5.96 Å². The number of guanidine groups is 1. The highest BCUT2D eigenvalue weighted by Gasteiger charge is 2.25. The minimum Gasteiger partial charge on any atom is -0.493 e. The lowest BCUT2D eigenvalue weighted by molar-refractivity contribution is 0.176. The fourth-order valence-corrected chi connectivity index (χ4v) is 4.16. The number of para-hydroxylation sites is 1. The number of nitrogens with one attached hydrogen (secondary N) is 1. The van der Waals surface area contributed by atoms with E-state index >= 15 is 0 Å². The van der Waals surface area contributed by atoms with E-state index in [4.69, 9.17) is 10.5 Å². The van der Waals surface area contributed by atoms with Crippen molar-refractivity contribution in [3.8, 4) is 5.75 Å². The zero-order valence-corrected chi connectivity index (χ0v) is 15.6. The second-order valence-electron chi connectivity index (χ2n) is 7.53. The third-order valence-electron chi connectivity index (χ3n) is 5.59. The summed E-state index contributed by atoms with van der Waals surface area (Å²) >= 11 is 0. The van der Waals surface area contributed by atoms with Gasteiger partial charge in [0.15, 0.2) is 5.96 Å². The van der Waals surface area contributed by atoms with Crippen LogP contribution < -0.4 is 15.8 Å². The summed E-state index contributed by atoms with van der Waals surface area (Å²) in [6.07, 6.45) is 7.63. The van der Waals surface area contributed by atoms with Gasteiger partial charge in [0.1, 0.15) is 5.75 Å². The summed E-state index contributed by atoms with van der Waals surface area (Å²) in [6.45, 7) is 1.48. The third kappa shape index (κ3) is 4.66. The van der Waals surface area contributed by atoms with Crippen LogP contribution in [0.4, 0.5) is 0 Å². The van der Waals surface area contributed by atoms with Crippen molar-refractivity contribution in [2.75, 3.05) is 27.2 Å². The number of aliphatic imine (C=N–C) groups is 1. The Morgan fingerprint density at radius 2 is 2.00 bits per heavy atom. The molecule has 0 aromatic heterocycles. The topological polar surface area (TPSA) is 62.9 Å². The molecule has 0 bridgehead atoms. The van der Waals surface area contributed by atoms with Crippen LogP contribution in [-0.2, 0) is 0 Å². The van der Waals surface area contributed by atoms with Crippen LogP contribution >= 0.6 is 0 Å². The van der Waals surface area contributed by atoms with Crippen molar-refractivity contribution in [1.82, 2.24) is 10.2 Å². The second-order valence-corrected chi connectivity index (χ2v) is 7.53. The molecular weight excluding hydrogens is 312 g/mol. The first-order chi connectivity index (χ1) is 12.1. The number of hydrogen-bond acceptors (Lipinski definition) is 3. The quantitative estimate of drug-likeness (QED) is 0.637. The first-order valence-electron chi connectivity index (χ1n) is 9.59. The van der Waals surface area contributed by atoms with E-state index in [9.17, 15) is 0 Å². The van der Waals surface area contributed by atoms with Crippen molar-refractivity contribution in [2.45, 2.75) is 50.6 Å². The average Bonchev–Trinajstić information content (AvgIpc) is 2.63. The van der Waals surface area contributed by atoms with Gasteiger partial charge in [-0.05, 0) is 38.9 Å². The molecule has 25 heavy (non-hydrogen) atoms. The molecule has 1 fully saturated rings. The maximum atomic E-state index is 6.22. The molecule has 2 atom stereocenters. The van der Waals surface area contributed by atoms with Gasteiger partial charge in [-0.25, -0.2) is 0 Å². The van der Waals surface area contributed by atoms with Crippen LogP contribution in [0.5, 0.6) is 5.75 Å². The highest BCUT2D eigenvalue weighted by atomic mass is 16.5. The molecule has 1 aromatic carbocycles. The van der Waals surface area contributed by atoms with Gasteiger partial charge in [-0.15, -0.1) is 0 Å². The maximum absolute atomic E-state index is 6.22. The second kappa shape index (κ2) is 8.56. The first-order valence-corrected chi connectivity index (χ1v) is 9.59. The van der Waals surface area contributed by atoms with E-state index in [-0.39, 0.29) is 6.04 Å². The standard InChI is InChI=1S/C20H32N4O/c1-24(2)18(15-8-4-3-5-9-15)14-22-20(21)23-17-12-13-25-19-11-7-6-10-16(17)19/h6-7,10-11,15,17-18H,3-5,8-9,12-14H2,1-2H3,(H3,21,22,23). The zero-order valence-electron chi connectivity index (χ0n) is 15.6. The van der Waals surface area contributed by atoms with Crippen molar-refractivity contribution in [3.63, 3.8) is 0 Å². The highest BCUT2D eigenvalue weighted by Crippen LogP contribution is 2.31. The molecule has 1 heterocycles. The largest absolute Gasteiger partial charge is 0.493 e. The van der Waals surface area contributed by atoms with E-state index < -0.39 is 0 Å². The number of nitrogens with zero attached hydrogens (tertiary/aromatic N) is 2. The predicted molar refractivity (Wildman–Crippen MR) is 103 cm³/mol. The summed E-state index contributed by atoms with van der Waals surface area (Å²) in [7, 11) is 4.32. The van der Waals surface area contributed by atoms with Gasteiger partial charge >= 0.3 is 0 Å². The number of hydrogen-bond donors (Lipinski definition) is 2. The van der Waals surface area contributed by atoms with Crippen LogP contribution in [0, 0.1) is 5.92 Å². The summed E-state index contributed by atoms with van der Waals surface area (Å²) in [4.78, 5) is 7.00. The number of fused-ring (bicyclic) bond motifs is 1. The van der Waals surface area contributed by atoms with Gasteiger partial charge in [-0.2, -0.15) is 0 Å². The minimum atomic E-state index is 0.182. The SMILES string of the molecule is CN(C)C(CN=C(N)NC1CCOc2ccccc21)C1CCCCC1. The average molecular weight is 345 g/mol. The minimum absolute atomic E-state index is 0.182. The molecule has 0 radical (unpaired) electrons. The van der Waals surface area contributed by atoms with Gasteiger partial charge in [0.05, 0.1) is 19.2 Å². The molecule has 5 heteroatoms. The van der Waals surface area contributed by atoms with Gasteiger partial charge in [-0.1, -0.05) is 37.5 Å². The van der Waals surface area contributed by atoms with Crippen LogP contribution in [0.3, 0.4) is 0 Å². The Bertz CT molecular complexity index is 581. The van der Waals surface area contributed by atoms with Gasteiger partial charge in [-0.3, -0.25) is 4.99 Å². The Hall–Kier alpha value is -1.75. The predicted octanol–water partition coefficient (Wildman–Crippen LogP) is 2.93. The van der Waals surface area contributed by atoms with Crippen LogP contribution in [0.25, 0.3) is 0 Å². The molecule has 1 aliphatic carbocycles. The van der Waals surface area contributed by atoms with E-state index in [0.29, 0.717) is 18.6 Å². The van der Waals surface area contributed by atoms with E-state index in [1.54, 1.807) is 0 Å². The monoisotopic (exact) mass is 344 g/mol. The van der Waals surface area contributed by atoms with Gasteiger partial charge in [0, 0.05) is 18.0 Å². The Morgan fingerprint density at radius 3 is 2.76 bits per heavy atom. The molecule has 1 aromatic rings. The van der Waals surface area contributed by atoms with Crippen molar-refractivity contribution in [1.29, 1.82) is 0 Å². The van der Waals surface area contributed by atoms with Crippen LogP contribution in [0.2, 0.25) is 0 Å². The molecule has 3 N–H and O–H groups in total. The molecule has 2 aliphatic rings. The Kier molecular flexibility index (Phi) is 6.19. The van der Waals surface area contributed by atoms with Crippen LogP contribution in [-0.4, -0.2) is 44.1 Å². The van der Waals surface area contributed by atoms with Crippen molar-refractivity contribution in [2.24, 2.45) is 16.6 Å². The van der Waals surface area contributed by atoms with Gasteiger partial charge < -0.3 is 20.7 Å². The smallest absolute Gasteiger partial charge is 0.189 e. The fourth-order valence-electron chi connectivity index (χ4n) is 4.16. The van der Waals surface area contributed by atoms with E-state index in [0.717, 1.165) is 24.6 Å². The third-order valence-corrected chi connectivity index (χ3v) is 5.59. The van der Waals surface area contributed by atoms with Crippen molar-refractivity contribution in [3.05, 3.63) is 29.8 Å². The Labute approximate surface area is 151 Å². The number of ether oxygens (including phenoxy) is 1. The van der Waals surface area contributed by atoms with Crippen LogP contribution in [0.1, 0.15) is 50.1 Å². The van der Waals surface area contributed by atoms with E-state index in [1.165, 1.54) is 37.7 Å². The summed E-state index contributed by atoms with van der Waals surface area (Å²) in [6, 6.07) is 8.82. The summed E-state index contributed by atoms with van der Waals surface area (Å²) in [5.74, 6) is 2.24. The number of rotatable bonds is 5. The molecule has 3 rings (SSSR count). The number of nitrogens with two attached hydrogens (primary N) is 1. The molecule has 1 saturated carbocycles. The first kappa shape index (κ1) is 18.1. The van der Waals surface area contributed by atoms with E-state index in [2.05, 4.69) is 35.4 Å². The molecule has 0 amide bonds. The number of benzene rings is 1. The molecule has 5 nitrogen and oxygen atoms in total. The summed E-state index contributed by atoms with van der Waals surface area (Å²) in [5.41, 5.74) is 7.39. The van der Waals surface area contributed by atoms with Gasteiger partial charge in [0.2, 0.25) is 0 Å². The molecule has 138 valence electrons. The van der Waals surface area contributed by atoms with Gasteiger partial charge in [0.25, 0.3) is 0 Å². The van der Waals surface area contributed by atoms with E-state index in [1.807, 2.05) is 18.2 Å². The van der Waals surface area contributed by atoms with Crippen molar-refractivity contribution < 1.29 is 4.74 Å². The molecule has 0 spiro atoms. The maximum Gasteiger partial charge on any atom is 0.189 e. The Morgan fingerprint density at radius 1 is 1.24 bits per heavy atom. The summed E-state index contributed by atoms with van der Waals surface area (Å²) in [5, 5.41) is 3.40. The molecular formula is C20H32N4O. The lowest BCUT2D eigenvalue weighted by atomic mass is 9.83. The highest BCUT2D eigenvalue weighted by molar-refractivity contribution is 5.78. The zero-order chi connectivity index (χ0) is 17.6. The molecule has 2 unspecified atom stereocenters. The fraction of sp³-hybridized carbons (Fsp3) is 0.650.